The molecule has 1 unspecified atom stereocenters. The molecule has 0 N–H and O–H groups in total. The van der Waals surface area contributed by atoms with Crippen molar-refractivity contribution in [3.63, 3.8) is 0 Å². The highest BCUT2D eigenvalue weighted by atomic mass is 16.7. The van der Waals surface area contributed by atoms with Crippen molar-refractivity contribution in [1.29, 1.82) is 0 Å². The predicted octanol–water partition coefficient (Wildman–Crippen LogP) is -0.276. The molecule has 46 valence electrons. The molecule has 1 rings (SSSR count). The summed E-state index contributed by atoms with van der Waals surface area (Å²) in [5.74, 6) is 0. The van der Waals surface area contributed by atoms with Gasteiger partial charge in [0.2, 0.25) is 0 Å². The van der Waals surface area contributed by atoms with Gasteiger partial charge >= 0.3 is 0 Å². The first-order valence-electron chi connectivity index (χ1n) is 2.50. The average molecular weight is 117 g/mol. The molecule has 3 heteroatoms. The van der Waals surface area contributed by atoms with Crippen LogP contribution in [0.1, 0.15) is 0 Å². The van der Waals surface area contributed by atoms with Crippen molar-refractivity contribution in [2.45, 2.75) is 6.10 Å². The Balaban J connectivity index is 2.14. The van der Waals surface area contributed by atoms with Gasteiger partial charge in [-0.05, 0) is 0 Å². The minimum absolute atomic E-state index is 0.104. The van der Waals surface area contributed by atoms with Crippen molar-refractivity contribution in [2.24, 2.45) is 0 Å². The highest BCUT2D eigenvalue weighted by molar-refractivity contribution is 5.12. The van der Waals surface area contributed by atoms with Crippen molar-refractivity contribution >= 4 is 6.79 Å². The molecular formula is C5H9O3+. The normalized spacial score (nSPS) is 28.2. The Morgan fingerprint density at radius 2 is 2.62 bits per heavy atom. The SMILES string of the molecule is C=[O+]CC1COCO1. The van der Waals surface area contributed by atoms with Gasteiger partial charge in [-0.2, -0.15) is 0 Å². The van der Waals surface area contributed by atoms with Gasteiger partial charge in [0.25, 0.3) is 13.4 Å². The molecule has 1 atom stereocenters. The zero-order valence-electron chi connectivity index (χ0n) is 4.63. The lowest BCUT2D eigenvalue weighted by Gasteiger charge is -1.92. The average Bonchev–Trinajstić information content (AvgIpc) is 2.19. The molecule has 1 fully saturated rings. The lowest BCUT2D eigenvalue weighted by Crippen LogP contribution is -2.14. The van der Waals surface area contributed by atoms with Crippen molar-refractivity contribution in [3.05, 3.63) is 0 Å². The van der Waals surface area contributed by atoms with E-state index in [2.05, 4.69) is 11.2 Å². The van der Waals surface area contributed by atoms with E-state index in [1.54, 1.807) is 0 Å². The summed E-state index contributed by atoms with van der Waals surface area (Å²) in [6.07, 6.45) is 0.104. The van der Waals surface area contributed by atoms with Gasteiger partial charge in [0.1, 0.15) is 6.79 Å². The lowest BCUT2D eigenvalue weighted by atomic mass is 10.4. The summed E-state index contributed by atoms with van der Waals surface area (Å²) in [6, 6.07) is 0. The lowest BCUT2D eigenvalue weighted by molar-refractivity contribution is -0.458. The Hall–Kier alpha value is -0.410. The van der Waals surface area contributed by atoms with Gasteiger partial charge in [-0.3, -0.25) is 4.42 Å². The Kier molecular flexibility index (Phi) is 2.00. The van der Waals surface area contributed by atoms with Crippen LogP contribution < -0.4 is 0 Å². The van der Waals surface area contributed by atoms with Gasteiger partial charge in [0.15, 0.2) is 6.10 Å². The number of ether oxygens (including phenoxy) is 2. The van der Waals surface area contributed by atoms with E-state index in [1.807, 2.05) is 0 Å². The van der Waals surface area contributed by atoms with Gasteiger partial charge < -0.3 is 9.47 Å². The zero-order valence-corrected chi connectivity index (χ0v) is 4.63. The second-order valence-corrected chi connectivity index (χ2v) is 1.65. The number of hydrogen-bond acceptors (Lipinski definition) is 2. The molecule has 3 nitrogen and oxygen atoms in total. The van der Waals surface area contributed by atoms with E-state index < -0.39 is 0 Å². The number of carbonyl (C=O) groups excluding carboxylic acids is 1. The molecule has 0 aromatic heterocycles. The van der Waals surface area contributed by atoms with E-state index in [1.165, 1.54) is 0 Å². The fourth-order valence-electron chi connectivity index (χ4n) is 0.600. The summed E-state index contributed by atoms with van der Waals surface area (Å²) in [6.45, 7) is 4.77. The molecule has 0 amide bonds. The smallest absolute Gasteiger partial charge is 0.290 e. The molecule has 1 saturated heterocycles. The fourth-order valence-corrected chi connectivity index (χ4v) is 0.600. The second kappa shape index (κ2) is 2.79. The van der Waals surface area contributed by atoms with Crippen LogP contribution in [-0.4, -0.2) is 32.9 Å². The third-order valence-electron chi connectivity index (χ3n) is 0.995. The number of hydrogen-bond donors (Lipinski definition) is 0. The van der Waals surface area contributed by atoms with Gasteiger partial charge in [0.05, 0.1) is 6.61 Å². The van der Waals surface area contributed by atoms with E-state index >= 15 is 0 Å². The maximum Gasteiger partial charge on any atom is 0.290 e. The molecule has 0 radical (unpaired) electrons. The summed E-state index contributed by atoms with van der Waals surface area (Å²) in [5.41, 5.74) is 0. The minimum Gasteiger partial charge on any atom is -0.352 e. The minimum atomic E-state index is 0.104. The third-order valence-corrected chi connectivity index (χ3v) is 0.995. The topological polar surface area (TPSA) is 29.8 Å². The van der Waals surface area contributed by atoms with Crippen LogP contribution in [0.5, 0.6) is 0 Å². The Bertz CT molecular complexity index is 75.7. The molecule has 1 aliphatic heterocycles. The van der Waals surface area contributed by atoms with Gasteiger partial charge in [0, 0.05) is 0 Å². The Morgan fingerprint density at radius 1 is 1.75 bits per heavy atom. The standard InChI is InChI=1S/C5H9O3/c1-6-2-5-3-7-4-8-5/h5H,1-4H2/q+1. The van der Waals surface area contributed by atoms with Crippen LogP contribution in [0.4, 0.5) is 0 Å². The van der Waals surface area contributed by atoms with Crippen LogP contribution in [-0.2, 0) is 13.9 Å². The summed E-state index contributed by atoms with van der Waals surface area (Å²) in [5, 5.41) is 0. The van der Waals surface area contributed by atoms with Crippen molar-refractivity contribution in [2.75, 3.05) is 20.0 Å². The summed E-state index contributed by atoms with van der Waals surface area (Å²) in [7, 11) is 0. The van der Waals surface area contributed by atoms with Crippen LogP contribution in [0, 0.1) is 0 Å². The first-order valence-corrected chi connectivity index (χ1v) is 2.50. The maximum absolute atomic E-state index is 5.01. The van der Waals surface area contributed by atoms with Crippen molar-refractivity contribution in [3.8, 4) is 0 Å². The van der Waals surface area contributed by atoms with Crippen LogP contribution in [0.15, 0.2) is 0 Å². The number of rotatable bonds is 2. The summed E-state index contributed by atoms with van der Waals surface area (Å²) in [4.78, 5) is 0. The van der Waals surface area contributed by atoms with Crippen LogP contribution in [0.3, 0.4) is 0 Å². The van der Waals surface area contributed by atoms with E-state index in [0.29, 0.717) is 20.0 Å². The molecule has 0 aromatic rings. The summed E-state index contributed by atoms with van der Waals surface area (Å²) < 4.78 is 14.5. The Morgan fingerprint density at radius 3 is 3.12 bits per heavy atom. The molecule has 1 aliphatic rings. The van der Waals surface area contributed by atoms with Gasteiger partial charge in [-0.1, -0.05) is 0 Å². The summed E-state index contributed by atoms with van der Waals surface area (Å²) >= 11 is 0. The van der Waals surface area contributed by atoms with E-state index in [-0.39, 0.29) is 6.10 Å². The largest absolute Gasteiger partial charge is 0.352 e. The maximum atomic E-state index is 5.01. The predicted molar refractivity (Wildman–Crippen MR) is 27.7 cm³/mol. The van der Waals surface area contributed by atoms with Crippen LogP contribution >= 0.6 is 0 Å². The quantitative estimate of drug-likeness (QED) is 0.466. The molecule has 0 spiro atoms. The third kappa shape index (κ3) is 1.28. The first-order chi connectivity index (χ1) is 3.93. The fraction of sp³-hybridized carbons (Fsp3) is 0.800. The Labute approximate surface area is 47.9 Å². The van der Waals surface area contributed by atoms with Gasteiger partial charge in [-0.15, -0.1) is 0 Å². The molecule has 1 heterocycles. The van der Waals surface area contributed by atoms with E-state index in [4.69, 9.17) is 9.47 Å². The first kappa shape index (κ1) is 5.72. The second-order valence-electron chi connectivity index (χ2n) is 1.65. The van der Waals surface area contributed by atoms with E-state index in [9.17, 15) is 0 Å². The highest BCUT2D eigenvalue weighted by Gasteiger charge is 2.19. The molecule has 0 bridgehead atoms. The van der Waals surface area contributed by atoms with Gasteiger partial charge in [-0.25, -0.2) is 0 Å². The molecule has 0 saturated carbocycles. The van der Waals surface area contributed by atoms with Crippen molar-refractivity contribution < 1.29 is 13.9 Å². The van der Waals surface area contributed by atoms with E-state index in [0.717, 1.165) is 0 Å². The zero-order chi connectivity index (χ0) is 5.82. The van der Waals surface area contributed by atoms with Crippen molar-refractivity contribution in [1.82, 2.24) is 0 Å². The molecular weight excluding hydrogens is 108 g/mol. The molecule has 8 heavy (non-hydrogen) atoms. The molecule has 0 aromatic carbocycles. The monoisotopic (exact) mass is 117 g/mol. The molecule has 0 aliphatic carbocycles. The van der Waals surface area contributed by atoms with Crippen LogP contribution in [0.25, 0.3) is 0 Å². The highest BCUT2D eigenvalue weighted by Crippen LogP contribution is 2.00. The van der Waals surface area contributed by atoms with Crippen LogP contribution in [0.2, 0.25) is 0 Å².